The average Bonchev–Trinajstić information content (AvgIpc) is 2.87. The predicted octanol–water partition coefficient (Wildman–Crippen LogP) is 0.349. The Morgan fingerprint density at radius 2 is 1.94 bits per heavy atom. The molecule has 4 N–H and O–H groups in total. The summed E-state index contributed by atoms with van der Waals surface area (Å²) in [7, 11) is 0. The third kappa shape index (κ3) is 2.88. The molecule has 2 aromatic heterocycles. The van der Waals surface area contributed by atoms with Gasteiger partial charge in [0.1, 0.15) is 5.82 Å². The van der Waals surface area contributed by atoms with Crippen LogP contribution in [0.3, 0.4) is 0 Å². The topological polar surface area (TPSA) is 75.9 Å². The van der Waals surface area contributed by atoms with Crippen LogP contribution in [-0.4, -0.2) is 29.7 Å². The lowest BCUT2D eigenvalue weighted by Gasteiger charge is -1.94. The van der Waals surface area contributed by atoms with Gasteiger partial charge in [0.15, 0.2) is 5.65 Å². The quantitative estimate of drug-likeness (QED) is 0.593. The fourth-order valence-electron chi connectivity index (χ4n) is 1.41. The van der Waals surface area contributed by atoms with Crippen LogP contribution in [-0.2, 0) is 0 Å². The number of anilines is 1. The number of nitrogen functional groups attached to an aromatic ring is 1. The van der Waals surface area contributed by atoms with E-state index in [1.54, 1.807) is 12.3 Å². The van der Waals surface area contributed by atoms with Crippen LogP contribution in [0.2, 0.25) is 0 Å². The van der Waals surface area contributed by atoms with Crippen LogP contribution >= 0.6 is 0 Å². The number of hydrogen-bond acceptors (Lipinski definition) is 5. The molecule has 5 heteroatoms. The van der Waals surface area contributed by atoms with Crippen molar-refractivity contribution in [3.63, 3.8) is 0 Å². The van der Waals surface area contributed by atoms with Crippen LogP contribution in [0.15, 0.2) is 30.5 Å². The minimum Gasteiger partial charge on any atom is -0.384 e. The molecule has 1 fully saturated rings. The molecule has 0 amide bonds. The van der Waals surface area contributed by atoms with Gasteiger partial charge in [0.2, 0.25) is 0 Å². The van der Waals surface area contributed by atoms with E-state index in [2.05, 4.69) is 20.6 Å². The molecule has 3 heterocycles. The molecule has 5 nitrogen and oxygen atoms in total. The van der Waals surface area contributed by atoms with Crippen molar-refractivity contribution in [3.8, 4) is 0 Å². The number of aromatic nitrogens is 2. The summed E-state index contributed by atoms with van der Waals surface area (Å²) in [6.07, 6.45) is 1.70. The Balaban J connectivity index is 0.000000162. The van der Waals surface area contributed by atoms with Crippen molar-refractivity contribution in [3.05, 3.63) is 30.5 Å². The third-order valence-corrected chi connectivity index (χ3v) is 2.21. The SMILES string of the molecule is C1CNCN1.Nc1ccc2cccnc2n1. The van der Waals surface area contributed by atoms with Crippen LogP contribution in [0.5, 0.6) is 0 Å². The van der Waals surface area contributed by atoms with Crippen molar-refractivity contribution in [2.24, 2.45) is 0 Å². The molecule has 0 saturated carbocycles. The number of nitrogens with zero attached hydrogens (tertiary/aromatic N) is 2. The van der Waals surface area contributed by atoms with Crippen LogP contribution in [0.1, 0.15) is 0 Å². The molecule has 2 aromatic rings. The summed E-state index contributed by atoms with van der Waals surface area (Å²) in [5, 5.41) is 7.24. The van der Waals surface area contributed by atoms with E-state index in [0.717, 1.165) is 25.1 Å². The first kappa shape index (κ1) is 10.8. The largest absolute Gasteiger partial charge is 0.384 e. The van der Waals surface area contributed by atoms with Gasteiger partial charge in [-0.25, -0.2) is 9.97 Å². The summed E-state index contributed by atoms with van der Waals surface area (Å²) in [6, 6.07) is 7.50. The first-order valence-electron chi connectivity index (χ1n) is 5.25. The van der Waals surface area contributed by atoms with E-state index in [1.165, 1.54) is 0 Å². The second kappa shape index (κ2) is 5.39. The number of nitrogens with two attached hydrogens (primary N) is 1. The van der Waals surface area contributed by atoms with Gasteiger partial charge in [-0.3, -0.25) is 0 Å². The molecule has 0 aromatic carbocycles. The van der Waals surface area contributed by atoms with E-state index >= 15 is 0 Å². The molecule has 16 heavy (non-hydrogen) atoms. The zero-order chi connectivity index (χ0) is 11.2. The van der Waals surface area contributed by atoms with E-state index in [4.69, 9.17) is 5.73 Å². The second-order valence-electron chi connectivity index (χ2n) is 3.46. The Labute approximate surface area is 94.1 Å². The standard InChI is InChI=1S/C8H7N3.C3H8N2/c9-7-4-3-6-2-1-5-10-8(6)11-7;1-2-5-3-4-1/h1-5H,(H2,9,10,11);4-5H,1-3H2. The van der Waals surface area contributed by atoms with Crippen LogP contribution < -0.4 is 16.4 Å². The zero-order valence-corrected chi connectivity index (χ0v) is 8.98. The summed E-state index contributed by atoms with van der Waals surface area (Å²) in [5.74, 6) is 0.510. The van der Waals surface area contributed by atoms with Gasteiger partial charge in [-0.15, -0.1) is 0 Å². The molecule has 84 valence electrons. The third-order valence-electron chi connectivity index (χ3n) is 2.21. The maximum Gasteiger partial charge on any atom is 0.161 e. The Hall–Kier alpha value is -1.72. The van der Waals surface area contributed by atoms with Crippen molar-refractivity contribution >= 4 is 16.9 Å². The Morgan fingerprint density at radius 1 is 1.12 bits per heavy atom. The smallest absolute Gasteiger partial charge is 0.161 e. The molecule has 1 aliphatic heterocycles. The fraction of sp³-hybridized carbons (Fsp3) is 0.273. The zero-order valence-electron chi connectivity index (χ0n) is 8.98. The Bertz CT molecular complexity index is 445. The summed E-state index contributed by atoms with van der Waals surface area (Å²) in [4.78, 5) is 8.09. The molecule has 0 radical (unpaired) electrons. The van der Waals surface area contributed by atoms with Crippen molar-refractivity contribution < 1.29 is 0 Å². The van der Waals surface area contributed by atoms with E-state index < -0.39 is 0 Å². The monoisotopic (exact) mass is 217 g/mol. The number of nitrogens with one attached hydrogen (secondary N) is 2. The van der Waals surface area contributed by atoms with Crippen LogP contribution in [0.25, 0.3) is 11.0 Å². The lowest BCUT2D eigenvalue weighted by atomic mass is 10.3. The highest BCUT2D eigenvalue weighted by molar-refractivity contribution is 5.75. The molecular formula is C11H15N5. The maximum atomic E-state index is 5.47. The number of fused-ring (bicyclic) bond motifs is 1. The summed E-state index contributed by atoms with van der Waals surface area (Å²) >= 11 is 0. The van der Waals surface area contributed by atoms with Crippen molar-refractivity contribution in [1.82, 2.24) is 20.6 Å². The Kier molecular flexibility index (Phi) is 3.63. The molecule has 3 rings (SSSR count). The highest BCUT2D eigenvalue weighted by Crippen LogP contribution is 2.09. The number of hydrogen-bond donors (Lipinski definition) is 3. The van der Waals surface area contributed by atoms with Crippen molar-refractivity contribution in [2.75, 3.05) is 25.5 Å². The van der Waals surface area contributed by atoms with Crippen molar-refractivity contribution in [1.29, 1.82) is 0 Å². The highest BCUT2D eigenvalue weighted by atomic mass is 15.1. The first-order valence-corrected chi connectivity index (χ1v) is 5.25. The van der Waals surface area contributed by atoms with Gasteiger partial charge < -0.3 is 16.4 Å². The van der Waals surface area contributed by atoms with Gasteiger partial charge in [0.25, 0.3) is 0 Å². The van der Waals surface area contributed by atoms with E-state index in [0.29, 0.717) is 11.5 Å². The number of pyridine rings is 2. The summed E-state index contributed by atoms with van der Waals surface area (Å²) in [6.45, 7) is 3.28. The summed E-state index contributed by atoms with van der Waals surface area (Å²) < 4.78 is 0. The molecule has 0 unspecified atom stereocenters. The van der Waals surface area contributed by atoms with Gasteiger partial charge in [-0.2, -0.15) is 0 Å². The number of rotatable bonds is 0. The predicted molar refractivity (Wildman–Crippen MR) is 64.8 cm³/mol. The van der Waals surface area contributed by atoms with Gasteiger partial charge >= 0.3 is 0 Å². The normalized spacial score (nSPS) is 14.5. The first-order chi connectivity index (χ1) is 7.86. The average molecular weight is 217 g/mol. The minimum absolute atomic E-state index is 0.510. The fourth-order valence-corrected chi connectivity index (χ4v) is 1.41. The molecule has 1 saturated heterocycles. The molecule has 0 bridgehead atoms. The highest BCUT2D eigenvalue weighted by Gasteiger charge is 1.93. The van der Waals surface area contributed by atoms with Crippen LogP contribution in [0.4, 0.5) is 5.82 Å². The van der Waals surface area contributed by atoms with Gasteiger partial charge in [0, 0.05) is 31.3 Å². The molecule has 0 spiro atoms. The summed E-state index contributed by atoms with van der Waals surface area (Å²) in [5.41, 5.74) is 6.17. The van der Waals surface area contributed by atoms with E-state index in [1.807, 2.05) is 18.2 Å². The lowest BCUT2D eigenvalue weighted by molar-refractivity contribution is 0.807. The van der Waals surface area contributed by atoms with E-state index in [9.17, 15) is 0 Å². The second-order valence-corrected chi connectivity index (χ2v) is 3.46. The van der Waals surface area contributed by atoms with Crippen LogP contribution in [0, 0.1) is 0 Å². The maximum absolute atomic E-state index is 5.47. The molecule has 0 aliphatic carbocycles. The minimum atomic E-state index is 0.510. The lowest BCUT2D eigenvalue weighted by Crippen LogP contribution is -2.11. The molecule has 1 aliphatic rings. The molecular weight excluding hydrogens is 202 g/mol. The van der Waals surface area contributed by atoms with Crippen molar-refractivity contribution in [2.45, 2.75) is 0 Å². The van der Waals surface area contributed by atoms with Gasteiger partial charge in [-0.05, 0) is 24.3 Å². The van der Waals surface area contributed by atoms with Gasteiger partial charge in [0.05, 0.1) is 0 Å². The Morgan fingerprint density at radius 3 is 2.62 bits per heavy atom. The molecule has 0 atom stereocenters. The van der Waals surface area contributed by atoms with Gasteiger partial charge in [-0.1, -0.05) is 0 Å². The van der Waals surface area contributed by atoms with E-state index in [-0.39, 0.29) is 0 Å².